The van der Waals surface area contributed by atoms with E-state index in [0.717, 1.165) is 11.3 Å². The summed E-state index contributed by atoms with van der Waals surface area (Å²) in [6.45, 7) is 0.446. The molecule has 0 fully saturated rings. The Morgan fingerprint density at radius 1 is 1.19 bits per heavy atom. The number of nitrogens with zero attached hydrogens (tertiary/aromatic N) is 5. The van der Waals surface area contributed by atoms with E-state index in [1.807, 2.05) is 43.3 Å². The molecule has 1 N–H and O–H groups in total. The molecule has 1 aromatic carbocycles. The maximum Gasteiger partial charge on any atom is 0.273 e. The van der Waals surface area contributed by atoms with E-state index in [4.69, 9.17) is 4.74 Å². The maximum atomic E-state index is 12.4. The van der Waals surface area contributed by atoms with Crippen LogP contribution in [0, 0.1) is 0 Å². The highest BCUT2D eigenvalue weighted by Gasteiger charge is 2.18. The second-order valence-corrected chi connectivity index (χ2v) is 6.55. The summed E-state index contributed by atoms with van der Waals surface area (Å²) in [5.74, 6) is 0.321. The fourth-order valence-electron chi connectivity index (χ4n) is 2.46. The second-order valence-electron chi connectivity index (χ2n) is 6.55. The van der Waals surface area contributed by atoms with Gasteiger partial charge in [0.05, 0.1) is 19.3 Å². The first-order valence-corrected chi connectivity index (χ1v) is 8.50. The van der Waals surface area contributed by atoms with Crippen LogP contribution in [-0.4, -0.2) is 78.5 Å². The fourth-order valence-corrected chi connectivity index (χ4v) is 2.46. The number of methoxy groups -OCH3 is 1. The number of carbonyl (C=O) groups is 2. The lowest BCUT2D eigenvalue weighted by Gasteiger charge is -2.25. The molecule has 9 heteroatoms. The topological polar surface area (TPSA) is 92.6 Å². The predicted octanol–water partition coefficient (Wildman–Crippen LogP) is 0.408. The van der Waals surface area contributed by atoms with Crippen LogP contribution in [-0.2, 0) is 11.3 Å². The molecular formula is C18H26N6O3. The zero-order valence-electron chi connectivity index (χ0n) is 16.3. The number of carbonyl (C=O) groups excluding carboxylic acids is 2. The molecule has 1 unspecified atom stereocenters. The summed E-state index contributed by atoms with van der Waals surface area (Å²) in [6, 6.07) is 7.71. The molecule has 0 bridgehead atoms. The van der Waals surface area contributed by atoms with Crippen molar-refractivity contribution in [1.29, 1.82) is 0 Å². The van der Waals surface area contributed by atoms with Crippen molar-refractivity contribution in [3.8, 4) is 5.75 Å². The summed E-state index contributed by atoms with van der Waals surface area (Å²) in [7, 11) is 8.84. The standard InChI is InChI=1S/C18H26N6O3/c1-22(2)16(13-6-8-14(27-5)9-7-13)10-19-18(26)15-11-24(21-20-15)12-17(25)23(3)4/h6-9,11,16H,10,12H2,1-5H3,(H,19,26). The first-order valence-electron chi connectivity index (χ1n) is 8.50. The SMILES string of the molecule is COc1ccc(C(CNC(=O)c2cn(CC(=O)N(C)C)nn2)N(C)C)cc1. The Bertz CT molecular complexity index is 770. The van der Waals surface area contributed by atoms with Gasteiger partial charge in [-0.2, -0.15) is 0 Å². The zero-order valence-corrected chi connectivity index (χ0v) is 16.3. The van der Waals surface area contributed by atoms with Crippen molar-refractivity contribution in [3.05, 3.63) is 41.7 Å². The molecule has 0 aliphatic carbocycles. The monoisotopic (exact) mass is 374 g/mol. The summed E-state index contributed by atoms with van der Waals surface area (Å²) < 4.78 is 6.53. The van der Waals surface area contributed by atoms with Gasteiger partial charge in [-0.05, 0) is 31.8 Å². The van der Waals surface area contributed by atoms with Crippen LogP contribution in [0.2, 0.25) is 0 Å². The lowest BCUT2D eigenvalue weighted by Crippen LogP contribution is -2.34. The number of hydrogen-bond acceptors (Lipinski definition) is 6. The molecule has 1 heterocycles. The van der Waals surface area contributed by atoms with Crippen molar-refractivity contribution >= 4 is 11.8 Å². The molecule has 0 aliphatic heterocycles. The van der Waals surface area contributed by atoms with Crippen molar-refractivity contribution in [2.45, 2.75) is 12.6 Å². The van der Waals surface area contributed by atoms with Gasteiger partial charge in [0.2, 0.25) is 5.91 Å². The smallest absolute Gasteiger partial charge is 0.273 e. The molecule has 146 valence electrons. The third-order valence-electron chi connectivity index (χ3n) is 4.15. The van der Waals surface area contributed by atoms with Gasteiger partial charge in [-0.15, -0.1) is 5.10 Å². The van der Waals surface area contributed by atoms with Gasteiger partial charge in [-0.25, -0.2) is 4.68 Å². The summed E-state index contributed by atoms with van der Waals surface area (Å²) in [4.78, 5) is 27.6. The van der Waals surface area contributed by atoms with Crippen LogP contribution in [0.1, 0.15) is 22.1 Å². The Labute approximate surface area is 158 Å². The molecule has 1 atom stereocenters. The predicted molar refractivity (Wildman–Crippen MR) is 100 cm³/mol. The summed E-state index contributed by atoms with van der Waals surface area (Å²) in [6.07, 6.45) is 1.47. The number of likely N-dealkylation sites (N-methyl/N-ethyl adjacent to an activating group) is 2. The van der Waals surface area contributed by atoms with E-state index in [-0.39, 0.29) is 30.1 Å². The molecule has 2 aromatic rings. The number of hydrogen-bond donors (Lipinski definition) is 1. The van der Waals surface area contributed by atoms with Gasteiger partial charge in [-0.3, -0.25) is 9.59 Å². The number of benzene rings is 1. The van der Waals surface area contributed by atoms with Crippen LogP contribution >= 0.6 is 0 Å². The Morgan fingerprint density at radius 3 is 2.41 bits per heavy atom. The van der Waals surface area contributed by atoms with Gasteiger partial charge in [0.1, 0.15) is 12.3 Å². The molecule has 27 heavy (non-hydrogen) atoms. The molecule has 9 nitrogen and oxygen atoms in total. The van der Waals surface area contributed by atoms with Crippen LogP contribution in [0.5, 0.6) is 5.75 Å². The lowest BCUT2D eigenvalue weighted by molar-refractivity contribution is -0.129. The van der Waals surface area contributed by atoms with Crippen molar-refractivity contribution in [1.82, 2.24) is 30.1 Å². The molecule has 1 aromatic heterocycles. The van der Waals surface area contributed by atoms with Crippen LogP contribution in [0.15, 0.2) is 30.5 Å². The minimum atomic E-state index is -0.334. The third-order valence-corrected chi connectivity index (χ3v) is 4.15. The molecule has 0 saturated heterocycles. The van der Waals surface area contributed by atoms with Crippen LogP contribution in [0.3, 0.4) is 0 Å². The number of rotatable bonds is 8. The van der Waals surface area contributed by atoms with E-state index < -0.39 is 0 Å². The van der Waals surface area contributed by atoms with Crippen molar-refractivity contribution < 1.29 is 14.3 Å². The second kappa shape index (κ2) is 9.13. The highest BCUT2D eigenvalue weighted by molar-refractivity contribution is 5.91. The van der Waals surface area contributed by atoms with Crippen LogP contribution in [0.25, 0.3) is 0 Å². The van der Waals surface area contributed by atoms with Crippen LogP contribution < -0.4 is 10.1 Å². The van der Waals surface area contributed by atoms with Gasteiger partial charge in [0.25, 0.3) is 5.91 Å². The zero-order chi connectivity index (χ0) is 20.0. The first-order chi connectivity index (χ1) is 12.8. The number of amides is 2. The highest BCUT2D eigenvalue weighted by atomic mass is 16.5. The van der Waals surface area contributed by atoms with Crippen molar-refractivity contribution in [2.75, 3.05) is 41.8 Å². The van der Waals surface area contributed by atoms with Crippen molar-refractivity contribution in [2.24, 2.45) is 0 Å². The lowest BCUT2D eigenvalue weighted by atomic mass is 10.1. The quantitative estimate of drug-likeness (QED) is 0.719. The normalized spacial score (nSPS) is 11.9. The average Bonchev–Trinajstić information content (AvgIpc) is 3.10. The summed E-state index contributed by atoms with van der Waals surface area (Å²) in [5, 5.41) is 10.6. The Balaban J connectivity index is 1.99. The first kappa shape index (κ1) is 20.4. The van der Waals surface area contributed by atoms with E-state index in [9.17, 15) is 9.59 Å². The molecule has 2 amide bonds. The van der Waals surface area contributed by atoms with E-state index in [1.165, 1.54) is 15.8 Å². The highest BCUT2D eigenvalue weighted by Crippen LogP contribution is 2.20. The molecule has 0 spiro atoms. The van der Waals surface area contributed by atoms with Gasteiger partial charge in [0, 0.05) is 20.6 Å². The number of aromatic nitrogens is 3. The Kier molecular flexibility index (Phi) is 6.89. The van der Waals surface area contributed by atoms with Crippen LogP contribution in [0.4, 0.5) is 0 Å². The molecule has 0 aliphatic rings. The largest absolute Gasteiger partial charge is 0.497 e. The Hall–Kier alpha value is -2.94. The Morgan fingerprint density at radius 2 is 1.85 bits per heavy atom. The van der Waals surface area contributed by atoms with Gasteiger partial charge < -0.3 is 19.9 Å². The summed E-state index contributed by atoms with van der Waals surface area (Å²) in [5.41, 5.74) is 1.23. The van der Waals surface area contributed by atoms with E-state index >= 15 is 0 Å². The van der Waals surface area contributed by atoms with Crippen molar-refractivity contribution in [3.63, 3.8) is 0 Å². The fraction of sp³-hybridized carbons (Fsp3) is 0.444. The van der Waals surface area contributed by atoms with Gasteiger partial charge in [0.15, 0.2) is 5.69 Å². The van der Waals surface area contributed by atoms with E-state index in [1.54, 1.807) is 21.2 Å². The minimum absolute atomic E-state index is 0.00906. The third kappa shape index (κ3) is 5.52. The summed E-state index contributed by atoms with van der Waals surface area (Å²) >= 11 is 0. The van der Waals surface area contributed by atoms with E-state index in [2.05, 4.69) is 15.6 Å². The minimum Gasteiger partial charge on any atom is -0.497 e. The number of ether oxygens (including phenoxy) is 1. The van der Waals surface area contributed by atoms with Gasteiger partial charge in [-0.1, -0.05) is 17.3 Å². The van der Waals surface area contributed by atoms with E-state index in [0.29, 0.717) is 6.54 Å². The molecule has 0 radical (unpaired) electrons. The molecule has 2 rings (SSSR count). The molecular weight excluding hydrogens is 348 g/mol. The molecule has 0 saturated carbocycles. The number of nitrogens with one attached hydrogen (secondary N) is 1. The average molecular weight is 374 g/mol. The maximum absolute atomic E-state index is 12.4. The van der Waals surface area contributed by atoms with Gasteiger partial charge >= 0.3 is 0 Å².